The molecule has 5 nitrogen and oxygen atoms in total. The quantitative estimate of drug-likeness (QED) is 0.851. The molecule has 0 bridgehead atoms. The monoisotopic (exact) mass is 266 g/mol. The van der Waals surface area contributed by atoms with Crippen LogP contribution in [0.1, 0.15) is 39.0 Å². The van der Waals surface area contributed by atoms with Crippen LogP contribution < -0.4 is 5.69 Å². The third-order valence-electron chi connectivity index (χ3n) is 3.41. The average molecular weight is 266 g/mol. The van der Waals surface area contributed by atoms with E-state index in [1.807, 2.05) is 6.92 Å². The summed E-state index contributed by atoms with van der Waals surface area (Å²) in [4.78, 5) is 11.5. The van der Waals surface area contributed by atoms with E-state index < -0.39 is 0 Å². The van der Waals surface area contributed by atoms with E-state index in [1.54, 1.807) is 16.3 Å². The normalized spacial score (nSPS) is 24.4. The summed E-state index contributed by atoms with van der Waals surface area (Å²) in [7, 11) is 0. The van der Waals surface area contributed by atoms with Gasteiger partial charge in [0.25, 0.3) is 0 Å². The van der Waals surface area contributed by atoms with Crippen molar-refractivity contribution in [1.29, 1.82) is 5.26 Å². The van der Waals surface area contributed by atoms with Crippen molar-refractivity contribution in [2.75, 3.05) is 0 Å². The van der Waals surface area contributed by atoms with E-state index in [-0.39, 0.29) is 16.9 Å². The van der Waals surface area contributed by atoms with E-state index in [2.05, 4.69) is 16.3 Å². The summed E-state index contributed by atoms with van der Waals surface area (Å²) in [5, 5.41) is 16.8. The number of hydrogen-bond acceptors (Lipinski definition) is 4. The second-order valence-corrected chi connectivity index (χ2v) is 5.79. The lowest BCUT2D eigenvalue weighted by Crippen LogP contribution is -2.19. The van der Waals surface area contributed by atoms with Crippen molar-refractivity contribution >= 4 is 11.8 Å². The Morgan fingerprint density at radius 3 is 3.00 bits per heavy atom. The number of rotatable bonds is 3. The van der Waals surface area contributed by atoms with Crippen molar-refractivity contribution < 1.29 is 0 Å². The molecule has 0 aliphatic heterocycles. The third-order valence-corrected chi connectivity index (χ3v) is 4.80. The number of H-pyrrole nitrogens is 1. The first kappa shape index (κ1) is 13.2. The van der Waals surface area contributed by atoms with Gasteiger partial charge in [0.15, 0.2) is 5.16 Å². The predicted molar refractivity (Wildman–Crippen MR) is 70.4 cm³/mol. The molecule has 0 aromatic carbocycles. The molecule has 6 heteroatoms. The Morgan fingerprint density at radius 2 is 2.28 bits per heavy atom. The molecule has 18 heavy (non-hydrogen) atoms. The van der Waals surface area contributed by atoms with Gasteiger partial charge in [0.1, 0.15) is 0 Å². The van der Waals surface area contributed by atoms with Crippen molar-refractivity contribution in [3.63, 3.8) is 0 Å². The van der Waals surface area contributed by atoms with Crippen molar-refractivity contribution in [2.24, 2.45) is 5.92 Å². The minimum atomic E-state index is -0.165. The van der Waals surface area contributed by atoms with Gasteiger partial charge in [-0.15, -0.1) is 5.10 Å². The molecule has 1 aromatic rings. The van der Waals surface area contributed by atoms with Crippen LogP contribution in [-0.2, 0) is 6.54 Å². The fourth-order valence-corrected chi connectivity index (χ4v) is 3.72. The number of hydrogen-bond donors (Lipinski definition) is 1. The largest absolute Gasteiger partial charge is 0.343 e. The Bertz CT molecular complexity index is 487. The van der Waals surface area contributed by atoms with Gasteiger partial charge < -0.3 is 0 Å². The van der Waals surface area contributed by atoms with Crippen LogP contribution in [0.25, 0.3) is 0 Å². The zero-order chi connectivity index (χ0) is 13.0. The van der Waals surface area contributed by atoms with E-state index >= 15 is 0 Å². The fourth-order valence-electron chi connectivity index (χ4n) is 2.37. The molecule has 1 aromatic heterocycles. The second-order valence-electron chi connectivity index (χ2n) is 4.59. The average Bonchev–Trinajstić information content (AvgIpc) is 2.60. The number of aromatic nitrogens is 3. The van der Waals surface area contributed by atoms with Crippen LogP contribution in [-0.4, -0.2) is 20.0 Å². The highest BCUT2D eigenvalue weighted by Crippen LogP contribution is 2.35. The Morgan fingerprint density at radius 1 is 1.50 bits per heavy atom. The van der Waals surface area contributed by atoms with Crippen LogP contribution in [0.5, 0.6) is 0 Å². The summed E-state index contributed by atoms with van der Waals surface area (Å²) in [5.74, 6) is 0.0783. The molecule has 1 heterocycles. The number of thioether (sulfide) groups is 1. The molecule has 1 fully saturated rings. The Kier molecular flexibility index (Phi) is 4.48. The summed E-state index contributed by atoms with van der Waals surface area (Å²) in [6, 6.07) is 2.41. The first-order valence-electron chi connectivity index (χ1n) is 6.47. The van der Waals surface area contributed by atoms with Gasteiger partial charge in [-0.3, -0.25) is 4.57 Å². The summed E-state index contributed by atoms with van der Waals surface area (Å²) in [6.45, 7) is 2.54. The van der Waals surface area contributed by atoms with Gasteiger partial charge in [0.2, 0.25) is 0 Å². The summed E-state index contributed by atoms with van der Waals surface area (Å²) < 4.78 is 1.63. The number of nitrogens with one attached hydrogen (secondary N) is 1. The lowest BCUT2D eigenvalue weighted by atomic mass is 10.0. The van der Waals surface area contributed by atoms with Gasteiger partial charge in [0.05, 0.1) is 12.0 Å². The molecule has 1 aliphatic carbocycles. The molecule has 0 amide bonds. The van der Waals surface area contributed by atoms with Gasteiger partial charge in [0, 0.05) is 11.8 Å². The minimum absolute atomic E-state index is 0.0783. The van der Waals surface area contributed by atoms with E-state index in [1.165, 1.54) is 6.42 Å². The van der Waals surface area contributed by atoms with E-state index in [9.17, 15) is 10.1 Å². The van der Waals surface area contributed by atoms with Crippen LogP contribution in [0.2, 0.25) is 0 Å². The maximum atomic E-state index is 11.5. The van der Waals surface area contributed by atoms with Gasteiger partial charge in [-0.25, -0.2) is 9.89 Å². The molecule has 2 unspecified atom stereocenters. The lowest BCUT2D eigenvalue weighted by Gasteiger charge is -2.17. The SMILES string of the molecule is CCn1c(SC2CCCCCC2C#N)n[nH]c1=O. The van der Waals surface area contributed by atoms with Crippen LogP contribution in [0.15, 0.2) is 9.95 Å². The highest BCUT2D eigenvalue weighted by molar-refractivity contribution is 7.99. The minimum Gasteiger partial charge on any atom is -0.270 e. The first-order chi connectivity index (χ1) is 8.76. The fraction of sp³-hybridized carbons (Fsp3) is 0.750. The predicted octanol–water partition coefficient (Wildman–Crippen LogP) is 2.16. The molecule has 2 atom stereocenters. The zero-order valence-corrected chi connectivity index (χ0v) is 11.4. The van der Waals surface area contributed by atoms with Crippen molar-refractivity contribution in [3.8, 4) is 6.07 Å². The van der Waals surface area contributed by atoms with Crippen LogP contribution >= 0.6 is 11.8 Å². The summed E-state index contributed by atoms with van der Waals surface area (Å²) in [5.41, 5.74) is -0.165. The topological polar surface area (TPSA) is 74.5 Å². The Balaban J connectivity index is 2.15. The Hall–Kier alpha value is -1.22. The van der Waals surface area contributed by atoms with Crippen molar-refractivity contribution in [1.82, 2.24) is 14.8 Å². The maximum Gasteiger partial charge on any atom is 0.343 e. The van der Waals surface area contributed by atoms with Crippen LogP contribution in [0.3, 0.4) is 0 Å². The maximum absolute atomic E-state index is 11.5. The lowest BCUT2D eigenvalue weighted by molar-refractivity contribution is 0.580. The molecule has 98 valence electrons. The van der Waals surface area contributed by atoms with Gasteiger partial charge in [-0.1, -0.05) is 31.0 Å². The molecule has 1 saturated carbocycles. The number of nitrogens with zero attached hydrogens (tertiary/aromatic N) is 3. The number of nitriles is 1. The van der Waals surface area contributed by atoms with Gasteiger partial charge in [-0.2, -0.15) is 5.26 Å². The smallest absolute Gasteiger partial charge is 0.270 e. The molecule has 1 aliphatic rings. The molecule has 0 saturated heterocycles. The second kappa shape index (κ2) is 6.10. The van der Waals surface area contributed by atoms with Crippen LogP contribution in [0, 0.1) is 17.2 Å². The zero-order valence-electron chi connectivity index (χ0n) is 10.6. The van der Waals surface area contributed by atoms with Gasteiger partial charge >= 0.3 is 5.69 Å². The van der Waals surface area contributed by atoms with Gasteiger partial charge in [-0.05, 0) is 19.8 Å². The van der Waals surface area contributed by atoms with Crippen LogP contribution in [0.4, 0.5) is 0 Å². The van der Waals surface area contributed by atoms with E-state index in [0.29, 0.717) is 6.54 Å². The molecule has 1 N–H and O–H groups in total. The highest BCUT2D eigenvalue weighted by Gasteiger charge is 2.26. The molecular weight excluding hydrogens is 248 g/mol. The first-order valence-corrected chi connectivity index (χ1v) is 7.35. The van der Waals surface area contributed by atoms with Crippen molar-refractivity contribution in [3.05, 3.63) is 10.5 Å². The number of aromatic amines is 1. The summed E-state index contributed by atoms with van der Waals surface area (Å²) >= 11 is 1.58. The van der Waals surface area contributed by atoms with E-state index in [4.69, 9.17) is 0 Å². The Labute approximate surface area is 111 Å². The molecular formula is C12H18N4OS. The highest BCUT2D eigenvalue weighted by atomic mass is 32.2. The summed E-state index contributed by atoms with van der Waals surface area (Å²) in [6.07, 6.45) is 5.51. The standard InChI is InChI=1S/C12H18N4OS/c1-2-16-11(17)14-15-12(16)18-10-7-5-3-4-6-9(10)8-13/h9-10H,2-7H2,1H3,(H,14,17). The third kappa shape index (κ3) is 2.78. The molecule has 2 rings (SSSR count). The molecule has 0 spiro atoms. The molecule has 0 radical (unpaired) electrons. The van der Waals surface area contributed by atoms with E-state index in [0.717, 1.165) is 30.8 Å². The van der Waals surface area contributed by atoms with Crippen molar-refractivity contribution in [2.45, 2.75) is 56.0 Å².